The minimum atomic E-state index is -1.05. The van der Waals surface area contributed by atoms with Crippen molar-refractivity contribution in [3.63, 3.8) is 0 Å². The largest absolute Gasteiger partial charge is 0.441 e. The zero-order valence-electron chi connectivity index (χ0n) is 29.0. The van der Waals surface area contributed by atoms with E-state index < -0.39 is 30.0 Å². The van der Waals surface area contributed by atoms with Crippen LogP contribution in [0, 0.1) is 11.8 Å². The number of nitrogens with two attached hydrogens (primary N) is 1. The number of aromatic nitrogens is 1. The van der Waals surface area contributed by atoms with Gasteiger partial charge >= 0.3 is 0 Å². The molecule has 4 atom stereocenters. The summed E-state index contributed by atoms with van der Waals surface area (Å²) in [5, 5.41) is 9.37. The van der Waals surface area contributed by atoms with Crippen molar-refractivity contribution in [1.29, 1.82) is 0 Å². The van der Waals surface area contributed by atoms with E-state index in [1.165, 1.54) is 0 Å². The third-order valence-electron chi connectivity index (χ3n) is 8.98. The molecule has 0 saturated heterocycles. The van der Waals surface area contributed by atoms with Crippen molar-refractivity contribution in [2.45, 2.75) is 83.8 Å². The van der Waals surface area contributed by atoms with Gasteiger partial charge in [-0.3, -0.25) is 19.2 Å². The number of ketones is 1. The molecule has 10 nitrogen and oxygen atoms in total. The van der Waals surface area contributed by atoms with Crippen molar-refractivity contribution in [1.82, 2.24) is 20.9 Å². The fourth-order valence-corrected chi connectivity index (χ4v) is 6.05. The summed E-state index contributed by atoms with van der Waals surface area (Å²) >= 11 is 6.11. The third kappa shape index (κ3) is 10.7. The Morgan fingerprint density at radius 3 is 2.12 bits per heavy atom. The number of fused-ring (bicyclic) bond motifs is 1. The molecule has 3 amide bonds. The first-order chi connectivity index (χ1) is 24.1. The molecule has 0 unspecified atom stereocenters. The van der Waals surface area contributed by atoms with Crippen LogP contribution in [0.5, 0.6) is 0 Å². The second-order valence-corrected chi connectivity index (χ2v) is 13.1. The number of hydrogen-bond donors (Lipinski definition) is 4. The first-order valence-electron chi connectivity index (χ1n) is 17.4. The zero-order valence-corrected chi connectivity index (χ0v) is 29.7. The van der Waals surface area contributed by atoms with Crippen molar-refractivity contribution in [3.8, 4) is 0 Å². The predicted molar refractivity (Wildman–Crippen MR) is 195 cm³/mol. The molecule has 0 aliphatic heterocycles. The molecular formula is C39H48ClN5O5. The van der Waals surface area contributed by atoms with Gasteiger partial charge in [-0.15, -0.1) is 0 Å². The highest BCUT2D eigenvalue weighted by molar-refractivity contribution is 6.31. The van der Waals surface area contributed by atoms with Crippen LogP contribution in [0.25, 0.3) is 11.1 Å². The first-order valence-corrected chi connectivity index (χ1v) is 17.8. The topological polar surface area (TPSA) is 156 Å². The van der Waals surface area contributed by atoms with E-state index in [0.717, 1.165) is 11.1 Å². The Balaban J connectivity index is 1.55. The van der Waals surface area contributed by atoms with E-state index in [-0.39, 0.29) is 48.7 Å². The summed E-state index contributed by atoms with van der Waals surface area (Å²) in [7, 11) is 0. The van der Waals surface area contributed by atoms with Crippen molar-refractivity contribution in [2.75, 3.05) is 6.54 Å². The fourth-order valence-electron chi connectivity index (χ4n) is 5.89. The van der Waals surface area contributed by atoms with Gasteiger partial charge in [0.25, 0.3) is 0 Å². The highest BCUT2D eigenvalue weighted by Crippen LogP contribution is 2.25. The van der Waals surface area contributed by atoms with Gasteiger partial charge in [-0.05, 0) is 54.6 Å². The van der Waals surface area contributed by atoms with E-state index in [9.17, 15) is 19.2 Å². The Morgan fingerprint density at radius 2 is 1.52 bits per heavy atom. The molecule has 4 aromatic rings. The lowest BCUT2D eigenvalue weighted by Gasteiger charge is -2.28. The van der Waals surface area contributed by atoms with Crippen LogP contribution in [-0.4, -0.2) is 47.1 Å². The van der Waals surface area contributed by atoms with E-state index >= 15 is 0 Å². The normalized spacial score (nSPS) is 13.7. The number of oxazole rings is 1. The molecule has 3 aromatic carbocycles. The Kier molecular flexibility index (Phi) is 14.5. The molecule has 11 heteroatoms. The Bertz CT molecular complexity index is 1670. The number of nitrogens with zero attached hydrogens (tertiary/aromatic N) is 1. The number of nitrogens with one attached hydrogen (secondary N) is 3. The molecule has 1 aromatic heterocycles. The third-order valence-corrected chi connectivity index (χ3v) is 9.22. The van der Waals surface area contributed by atoms with Gasteiger partial charge in [0.15, 0.2) is 17.3 Å². The standard InChI is InChI=1S/C39H48ClN5O5/c1-4-25(3)36(44-39(49)31(42-34(47)5-2)24-35-43-30-23-29(40)19-20-33(30)50-35)32(46)22-28(18-12-13-21-41)38(48)45-37(26-14-8-6-9-15-26)27-16-10-7-11-17-27/h6-11,14-17,19-20,23,25,28,31,36-37H,4-5,12-13,18,21-22,24,41H2,1-3H3,(H,42,47)(H,44,49)(H,45,48)/t25-,28+,31-,36-/m0/s1. The first kappa shape index (κ1) is 38.3. The van der Waals surface area contributed by atoms with Crippen LogP contribution >= 0.6 is 11.6 Å². The number of benzene rings is 3. The monoisotopic (exact) mass is 701 g/mol. The van der Waals surface area contributed by atoms with Gasteiger partial charge in [-0.25, -0.2) is 4.98 Å². The van der Waals surface area contributed by atoms with Gasteiger partial charge in [0, 0.05) is 23.8 Å². The average Bonchev–Trinajstić information content (AvgIpc) is 3.53. The number of unbranched alkanes of at least 4 members (excludes halogenated alkanes) is 1. The molecule has 4 rings (SSSR count). The van der Waals surface area contributed by atoms with E-state index in [0.29, 0.717) is 48.4 Å². The Labute approximate surface area is 298 Å². The summed E-state index contributed by atoms with van der Waals surface area (Å²) in [5.74, 6) is -2.01. The van der Waals surface area contributed by atoms with Gasteiger partial charge in [0.2, 0.25) is 17.7 Å². The summed E-state index contributed by atoms with van der Waals surface area (Å²) in [6, 6.07) is 22.1. The van der Waals surface area contributed by atoms with Crippen LogP contribution in [0.1, 0.15) is 82.4 Å². The van der Waals surface area contributed by atoms with Crippen LogP contribution in [-0.2, 0) is 25.6 Å². The average molecular weight is 702 g/mol. The summed E-state index contributed by atoms with van der Waals surface area (Å²) in [6.45, 7) is 5.99. The molecule has 0 spiro atoms. The minimum absolute atomic E-state index is 0.0320. The molecule has 0 aliphatic rings. The summed E-state index contributed by atoms with van der Waals surface area (Å²) < 4.78 is 5.84. The van der Waals surface area contributed by atoms with Crippen molar-refractivity contribution < 1.29 is 23.6 Å². The smallest absolute Gasteiger partial charge is 0.243 e. The SMILES string of the molecule is CCC(=O)N[C@@H](Cc1nc2cc(Cl)ccc2o1)C(=O)N[C@H](C(=O)C[C@@H](CCCCN)C(=O)NC(c1ccccc1)c1ccccc1)[C@@H](C)CC. The maximum absolute atomic E-state index is 14.1. The lowest BCUT2D eigenvalue weighted by Crippen LogP contribution is -2.54. The second-order valence-electron chi connectivity index (χ2n) is 12.7. The molecule has 0 bridgehead atoms. The molecule has 266 valence electrons. The van der Waals surface area contributed by atoms with E-state index in [2.05, 4.69) is 20.9 Å². The molecular weight excluding hydrogens is 654 g/mol. The molecule has 50 heavy (non-hydrogen) atoms. The second kappa shape index (κ2) is 19.0. The number of Topliss-reactive ketones (excluding diaryl/α,β-unsaturated/α-hetero) is 1. The van der Waals surface area contributed by atoms with Gasteiger partial charge in [0.05, 0.1) is 18.5 Å². The Hall–Kier alpha value is -4.54. The number of hydrogen-bond acceptors (Lipinski definition) is 7. The highest BCUT2D eigenvalue weighted by atomic mass is 35.5. The number of rotatable bonds is 19. The number of halogens is 1. The van der Waals surface area contributed by atoms with Gasteiger partial charge < -0.3 is 26.1 Å². The van der Waals surface area contributed by atoms with Crippen LogP contribution in [0.4, 0.5) is 0 Å². The lowest BCUT2D eigenvalue weighted by molar-refractivity contribution is -0.134. The number of carbonyl (C=O) groups is 4. The summed E-state index contributed by atoms with van der Waals surface area (Å²) in [6.07, 6.45) is 2.50. The molecule has 5 N–H and O–H groups in total. The molecule has 0 radical (unpaired) electrons. The highest BCUT2D eigenvalue weighted by Gasteiger charge is 2.34. The maximum atomic E-state index is 14.1. The van der Waals surface area contributed by atoms with Gasteiger partial charge in [0.1, 0.15) is 11.6 Å². The molecule has 1 heterocycles. The van der Waals surface area contributed by atoms with Crippen molar-refractivity contribution in [3.05, 3.63) is 101 Å². The maximum Gasteiger partial charge on any atom is 0.243 e. The van der Waals surface area contributed by atoms with Crippen LogP contribution in [0.15, 0.2) is 83.3 Å². The zero-order chi connectivity index (χ0) is 36.0. The van der Waals surface area contributed by atoms with Crippen LogP contribution in [0.3, 0.4) is 0 Å². The van der Waals surface area contributed by atoms with Gasteiger partial charge in [-0.2, -0.15) is 0 Å². The molecule has 0 saturated carbocycles. The van der Waals surface area contributed by atoms with Crippen LogP contribution < -0.4 is 21.7 Å². The van der Waals surface area contributed by atoms with E-state index in [1.807, 2.05) is 74.5 Å². The molecule has 0 fully saturated rings. The minimum Gasteiger partial charge on any atom is -0.441 e. The van der Waals surface area contributed by atoms with Crippen molar-refractivity contribution in [2.24, 2.45) is 17.6 Å². The number of carbonyl (C=O) groups excluding carboxylic acids is 4. The fraction of sp³-hybridized carbons (Fsp3) is 0.410. The number of amides is 3. The van der Waals surface area contributed by atoms with Gasteiger partial charge in [-0.1, -0.05) is 106 Å². The quantitative estimate of drug-likeness (QED) is 0.0866. The van der Waals surface area contributed by atoms with E-state index in [1.54, 1.807) is 25.1 Å². The van der Waals surface area contributed by atoms with Crippen LogP contribution in [0.2, 0.25) is 5.02 Å². The predicted octanol–water partition coefficient (Wildman–Crippen LogP) is 6.06. The summed E-state index contributed by atoms with van der Waals surface area (Å²) in [4.78, 5) is 58.9. The lowest BCUT2D eigenvalue weighted by atomic mass is 9.87. The summed E-state index contributed by atoms with van der Waals surface area (Å²) in [5.41, 5.74) is 8.65. The van der Waals surface area contributed by atoms with Crippen molar-refractivity contribution >= 4 is 46.2 Å². The van der Waals surface area contributed by atoms with E-state index in [4.69, 9.17) is 21.8 Å². The molecule has 0 aliphatic carbocycles. The Morgan fingerprint density at radius 1 is 0.860 bits per heavy atom.